The Balaban J connectivity index is 1.43. The first-order chi connectivity index (χ1) is 12.0. The third-order valence-corrected chi connectivity index (χ3v) is 7.02. The fraction of sp³-hybridized carbons (Fsp3) is 0.588. The maximum Gasteiger partial charge on any atom is 0.225 e. The van der Waals surface area contributed by atoms with Gasteiger partial charge in [0.15, 0.2) is 11.5 Å². The SMILES string of the molecule is COc1ccc(CCNC(=O)C2CN(S(=O)(=O)C3CC3)C2)cc1OC. The van der Waals surface area contributed by atoms with Crippen LogP contribution in [-0.2, 0) is 21.2 Å². The molecule has 3 rings (SSSR count). The van der Waals surface area contributed by atoms with Crippen molar-refractivity contribution in [2.75, 3.05) is 33.9 Å². The summed E-state index contributed by atoms with van der Waals surface area (Å²) in [5, 5.41) is 2.68. The molecule has 1 amide bonds. The first-order valence-corrected chi connectivity index (χ1v) is 9.93. The number of sulfonamides is 1. The zero-order valence-electron chi connectivity index (χ0n) is 14.5. The number of carbonyl (C=O) groups excluding carboxylic acids is 1. The second-order valence-corrected chi connectivity index (χ2v) is 8.70. The molecule has 2 fully saturated rings. The highest BCUT2D eigenvalue weighted by atomic mass is 32.2. The second kappa shape index (κ2) is 7.21. The summed E-state index contributed by atoms with van der Waals surface area (Å²) in [5.74, 6) is 1.01. The van der Waals surface area contributed by atoms with Gasteiger partial charge in [-0.15, -0.1) is 0 Å². The van der Waals surface area contributed by atoms with Gasteiger partial charge in [0.2, 0.25) is 15.9 Å². The highest BCUT2D eigenvalue weighted by molar-refractivity contribution is 7.90. The third-order valence-electron chi connectivity index (χ3n) is 4.69. The molecule has 0 aromatic heterocycles. The minimum atomic E-state index is -3.15. The van der Waals surface area contributed by atoms with Crippen molar-refractivity contribution >= 4 is 15.9 Å². The second-order valence-electron chi connectivity index (χ2n) is 6.49. The molecule has 1 heterocycles. The van der Waals surface area contributed by atoms with E-state index in [0.29, 0.717) is 37.6 Å². The number of methoxy groups -OCH3 is 2. The number of ether oxygens (including phenoxy) is 2. The van der Waals surface area contributed by atoms with Gasteiger partial charge in [0.25, 0.3) is 0 Å². The molecular weight excluding hydrogens is 344 g/mol. The first-order valence-electron chi connectivity index (χ1n) is 8.43. The Bertz CT molecular complexity index is 739. The van der Waals surface area contributed by atoms with E-state index in [0.717, 1.165) is 18.4 Å². The molecule has 0 bridgehead atoms. The summed E-state index contributed by atoms with van der Waals surface area (Å²) in [6.07, 6.45) is 2.17. The monoisotopic (exact) mass is 368 g/mol. The van der Waals surface area contributed by atoms with Gasteiger partial charge in [0.05, 0.1) is 25.4 Å². The lowest BCUT2D eigenvalue weighted by molar-refractivity contribution is -0.128. The molecule has 0 atom stereocenters. The molecule has 1 aliphatic carbocycles. The Morgan fingerprint density at radius 3 is 2.48 bits per heavy atom. The third kappa shape index (κ3) is 3.90. The van der Waals surface area contributed by atoms with Crippen LogP contribution in [0.25, 0.3) is 0 Å². The van der Waals surface area contributed by atoms with Crippen molar-refractivity contribution in [3.63, 3.8) is 0 Å². The van der Waals surface area contributed by atoms with Gasteiger partial charge in [-0.05, 0) is 37.0 Å². The zero-order chi connectivity index (χ0) is 18.0. The minimum absolute atomic E-state index is 0.0808. The van der Waals surface area contributed by atoms with Crippen LogP contribution in [0.15, 0.2) is 18.2 Å². The summed E-state index contributed by atoms with van der Waals surface area (Å²) >= 11 is 0. The quantitative estimate of drug-likeness (QED) is 0.733. The van der Waals surface area contributed by atoms with Crippen LogP contribution < -0.4 is 14.8 Å². The van der Waals surface area contributed by atoms with Gasteiger partial charge in [-0.1, -0.05) is 6.07 Å². The minimum Gasteiger partial charge on any atom is -0.493 e. The van der Waals surface area contributed by atoms with Crippen LogP contribution >= 0.6 is 0 Å². The average Bonchev–Trinajstić information content (AvgIpc) is 3.38. The van der Waals surface area contributed by atoms with Crippen molar-refractivity contribution in [3.05, 3.63) is 23.8 Å². The molecule has 0 unspecified atom stereocenters. The van der Waals surface area contributed by atoms with Crippen LogP contribution in [0.2, 0.25) is 0 Å². The van der Waals surface area contributed by atoms with Crippen molar-refractivity contribution in [2.45, 2.75) is 24.5 Å². The summed E-state index contributed by atoms with van der Waals surface area (Å²) in [5.41, 5.74) is 1.03. The van der Waals surface area contributed by atoms with Crippen LogP contribution in [0.5, 0.6) is 11.5 Å². The molecule has 25 heavy (non-hydrogen) atoms. The molecule has 7 nitrogen and oxygen atoms in total. The number of hydrogen-bond acceptors (Lipinski definition) is 5. The van der Waals surface area contributed by atoms with Crippen molar-refractivity contribution in [2.24, 2.45) is 5.92 Å². The van der Waals surface area contributed by atoms with Crippen molar-refractivity contribution in [1.82, 2.24) is 9.62 Å². The summed E-state index contributed by atoms with van der Waals surface area (Å²) in [4.78, 5) is 12.1. The van der Waals surface area contributed by atoms with Crippen LogP contribution in [0.3, 0.4) is 0 Å². The highest BCUT2D eigenvalue weighted by Gasteiger charge is 2.46. The van der Waals surface area contributed by atoms with E-state index in [9.17, 15) is 13.2 Å². The maximum atomic E-state index is 12.1. The molecule has 1 aliphatic heterocycles. The summed E-state index contributed by atoms with van der Waals surface area (Å²) in [7, 11) is 0.0254. The maximum absolute atomic E-state index is 12.1. The summed E-state index contributed by atoms with van der Waals surface area (Å²) < 4.78 is 35.9. The number of hydrogen-bond donors (Lipinski definition) is 1. The van der Waals surface area contributed by atoms with Crippen LogP contribution in [0, 0.1) is 5.92 Å². The Labute approximate surface area is 148 Å². The van der Waals surface area contributed by atoms with E-state index >= 15 is 0 Å². The van der Waals surface area contributed by atoms with E-state index in [1.807, 2.05) is 18.2 Å². The largest absolute Gasteiger partial charge is 0.493 e. The average molecular weight is 368 g/mol. The van der Waals surface area contributed by atoms with E-state index in [2.05, 4.69) is 5.32 Å². The van der Waals surface area contributed by atoms with Gasteiger partial charge in [-0.25, -0.2) is 8.42 Å². The Hall–Kier alpha value is -1.80. The number of rotatable bonds is 8. The van der Waals surface area contributed by atoms with E-state index in [1.54, 1.807) is 14.2 Å². The number of nitrogens with one attached hydrogen (secondary N) is 1. The lowest BCUT2D eigenvalue weighted by Gasteiger charge is -2.37. The summed E-state index contributed by atoms with van der Waals surface area (Å²) in [6, 6.07) is 5.65. The number of benzene rings is 1. The molecule has 2 aliphatic rings. The van der Waals surface area contributed by atoms with Crippen molar-refractivity contribution in [3.8, 4) is 11.5 Å². The standard InChI is InChI=1S/C17H24N2O5S/c1-23-15-6-3-12(9-16(15)24-2)7-8-18-17(20)13-10-19(11-13)25(21,22)14-4-5-14/h3,6,9,13-14H,4-5,7-8,10-11H2,1-2H3,(H,18,20). The Morgan fingerprint density at radius 1 is 1.20 bits per heavy atom. The lowest BCUT2D eigenvalue weighted by atomic mass is 10.0. The molecular formula is C17H24N2O5S. The normalized spacial score (nSPS) is 18.5. The molecule has 1 aromatic carbocycles. The molecule has 0 spiro atoms. The van der Waals surface area contributed by atoms with E-state index < -0.39 is 10.0 Å². The van der Waals surface area contributed by atoms with Gasteiger partial charge in [0.1, 0.15) is 0 Å². The Morgan fingerprint density at radius 2 is 1.88 bits per heavy atom. The fourth-order valence-electron chi connectivity index (χ4n) is 2.90. The number of carbonyl (C=O) groups is 1. The van der Waals surface area contributed by atoms with Gasteiger partial charge < -0.3 is 14.8 Å². The first kappa shape index (κ1) is 18.0. The van der Waals surface area contributed by atoms with Crippen LogP contribution in [-0.4, -0.2) is 57.7 Å². The van der Waals surface area contributed by atoms with E-state index in [4.69, 9.17) is 9.47 Å². The lowest BCUT2D eigenvalue weighted by Crippen LogP contribution is -2.56. The zero-order valence-corrected chi connectivity index (χ0v) is 15.3. The van der Waals surface area contributed by atoms with E-state index in [-0.39, 0.29) is 17.1 Å². The van der Waals surface area contributed by atoms with Crippen molar-refractivity contribution < 1.29 is 22.7 Å². The molecule has 138 valence electrons. The molecule has 1 saturated heterocycles. The van der Waals surface area contributed by atoms with E-state index in [1.165, 1.54) is 4.31 Å². The molecule has 0 radical (unpaired) electrons. The fourth-order valence-corrected chi connectivity index (χ4v) is 4.83. The van der Waals surface area contributed by atoms with Gasteiger partial charge >= 0.3 is 0 Å². The molecule has 1 saturated carbocycles. The molecule has 8 heteroatoms. The van der Waals surface area contributed by atoms with Crippen LogP contribution in [0.1, 0.15) is 18.4 Å². The Kier molecular flexibility index (Phi) is 5.19. The van der Waals surface area contributed by atoms with Gasteiger partial charge in [-0.3, -0.25) is 4.79 Å². The molecule has 1 N–H and O–H groups in total. The topological polar surface area (TPSA) is 84.9 Å². The number of amides is 1. The smallest absolute Gasteiger partial charge is 0.225 e. The predicted octanol–water partition coefficient (Wildman–Crippen LogP) is 0.787. The molecule has 1 aromatic rings. The van der Waals surface area contributed by atoms with Gasteiger partial charge in [0, 0.05) is 19.6 Å². The van der Waals surface area contributed by atoms with Crippen molar-refractivity contribution in [1.29, 1.82) is 0 Å². The summed E-state index contributed by atoms with van der Waals surface area (Å²) in [6.45, 7) is 1.11. The van der Waals surface area contributed by atoms with Crippen LogP contribution in [0.4, 0.5) is 0 Å². The van der Waals surface area contributed by atoms with Gasteiger partial charge in [-0.2, -0.15) is 4.31 Å². The number of nitrogens with zero attached hydrogens (tertiary/aromatic N) is 1. The predicted molar refractivity (Wildman–Crippen MR) is 93.3 cm³/mol. The highest BCUT2D eigenvalue weighted by Crippen LogP contribution is 2.34.